The van der Waals surface area contributed by atoms with Gasteiger partial charge in [0.25, 0.3) is 0 Å². The summed E-state index contributed by atoms with van der Waals surface area (Å²) in [6.45, 7) is -0.429. The highest BCUT2D eigenvalue weighted by Gasteiger charge is 2.95. The van der Waals surface area contributed by atoms with E-state index in [1.54, 1.807) is 0 Å². The van der Waals surface area contributed by atoms with Crippen LogP contribution in [0.2, 0.25) is 0 Å². The van der Waals surface area contributed by atoms with Crippen molar-refractivity contribution in [1.82, 2.24) is 0 Å². The van der Waals surface area contributed by atoms with Crippen molar-refractivity contribution in [2.24, 2.45) is 0 Å². The molecule has 0 saturated carbocycles. The highest BCUT2D eigenvalue weighted by molar-refractivity contribution is 7.91. The third-order valence-electron chi connectivity index (χ3n) is 4.72. The smallest absolute Gasteiger partial charge is 0.386 e. The summed E-state index contributed by atoms with van der Waals surface area (Å²) in [6.07, 6.45) is -12.8. The molecule has 230 valence electrons. The number of rotatable bonds is 13. The van der Waals surface area contributed by atoms with E-state index in [-0.39, 0.29) is 4.48 Å². The molecule has 0 radical (unpaired) electrons. The number of alkyl halides is 17. The average molecular weight is 628 g/mol. The lowest BCUT2D eigenvalue weighted by atomic mass is 9.88. The second kappa shape index (κ2) is 9.95. The highest BCUT2D eigenvalue weighted by atomic mass is 32.2. The Balaban J connectivity index is 6.31. The molecule has 0 heterocycles. The first kappa shape index (κ1) is 36.7. The Labute approximate surface area is 202 Å². The number of aliphatic hydroxyl groups is 1. The third kappa shape index (κ3) is 6.35. The summed E-state index contributed by atoms with van der Waals surface area (Å²) in [5.74, 6) is -61.3. The number of sulfone groups is 1. The summed E-state index contributed by atoms with van der Waals surface area (Å²) < 4.78 is 248. The number of halogens is 17. The van der Waals surface area contributed by atoms with Crippen LogP contribution in [0.25, 0.3) is 0 Å². The Bertz CT molecular complexity index is 938. The molecule has 0 amide bonds. The van der Waals surface area contributed by atoms with Gasteiger partial charge in [0.1, 0.15) is 12.6 Å². The van der Waals surface area contributed by atoms with Crippen molar-refractivity contribution in [3.63, 3.8) is 0 Å². The summed E-state index contributed by atoms with van der Waals surface area (Å²) in [5.41, 5.74) is 0. The van der Waals surface area contributed by atoms with Crippen molar-refractivity contribution < 1.29 is 92.6 Å². The van der Waals surface area contributed by atoms with Crippen molar-refractivity contribution >= 4 is 9.84 Å². The first-order chi connectivity index (χ1) is 16.1. The molecule has 0 rings (SSSR count). The van der Waals surface area contributed by atoms with Crippen molar-refractivity contribution in [3.8, 4) is 0 Å². The fourth-order valence-electron chi connectivity index (χ4n) is 2.70. The van der Waals surface area contributed by atoms with Crippen LogP contribution in [0.3, 0.4) is 0 Å². The maximum absolute atomic E-state index is 13.8. The van der Waals surface area contributed by atoms with Gasteiger partial charge in [-0.1, -0.05) is 0 Å². The van der Waals surface area contributed by atoms with Crippen LogP contribution in [0.5, 0.6) is 0 Å². The predicted molar refractivity (Wildman–Crippen MR) is 92.9 cm³/mol. The molecule has 38 heavy (non-hydrogen) atoms. The van der Waals surface area contributed by atoms with E-state index in [1.165, 1.54) is 21.1 Å². The summed E-state index contributed by atoms with van der Waals surface area (Å²) in [7, 11) is -0.998. The molecule has 1 atom stereocenters. The quantitative estimate of drug-likeness (QED) is 0.234. The maximum Gasteiger partial charge on any atom is 0.460 e. The minimum atomic E-state index is -8.75. The average Bonchev–Trinajstić information content (AvgIpc) is 2.62. The lowest BCUT2D eigenvalue weighted by Crippen LogP contribution is -2.74. The normalized spacial score (nSPS) is 17.1. The molecule has 0 aliphatic heterocycles. The number of aliphatic hydroxyl groups excluding tert-OH is 1. The molecule has 4 nitrogen and oxygen atoms in total. The molecule has 0 aliphatic carbocycles. The van der Waals surface area contributed by atoms with Gasteiger partial charge in [-0.05, 0) is 0 Å². The fraction of sp³-hybridized carbons (Fsp3) is 1.00. The molecule has 0 aromatic carbocycles. The van der Waals surface area contributed by atoms with Crippen LogP contribution in [0.15, 0.2) is 0 Å². The molecule has 0 saturated heterocycles. The maximum atomic E-state index is 13.8. The van der Waals surface area contributed by atoms with Gasteiger partial charge in [0.15, 0.2) is 9.84 Å². The molecule has 0 aliphatic rings. The second-order valence-electron chi connectivity index (χ2n) is 9.14. The zero-order valence-electron chi connectivity index (χ0n) is 19.0. The number of hydrogen-bond donors (Lipinski definition) is 1. The third-order valence-corrected chi connectivity index (χ3v) is 6.44. The minimum absolute atomic E-state index is 0.168. The van der Waals surface area contributed by atoms with Crippen LogP contribution >= 0.6 is 0 Å². The SMILES string of the molecule is C[N+](C)(C)CC(O)CS(=O)(=O)CCC(F)(F)C(F)(F)C(F)(F)C(F)(F)C(F)(F)C(F)(F)C(F)(F)C(F)(F)F. The molecule has 0 aromatic heterocycles. The van der Waals surface area contributed by atoms with E-state index in [0.29, 0.717) is 0 Å². The van der Waals surface area contributed by atoms with Crippen molar-refractivity contribution in [1.29, 1.82) is 0 Å². The van der Waals surface area contributed by atoms with Crippen molar-refractivity contribution in [2.45, 2.75) is 60.2 Å². The van der Waals surface area contributed by atoms with Gasteiger partial charge in [-0.3, -0.25) is 0 Å². The Kier molecular flexibility index (Phi) is 9.60. The molecule has 0 bridgehead atoms. The zero-order valence-corrected chi connectivity index (χ0v) is 19.8. The molecule has 1 N–H and O–H groups in total. The molecular weight excluding hydrogens is 609 g/mol. The standard InChI is InChI=1S/C16H19F17NO3S/c1-34(2,3)6-8(35)7-38(36,37)5-4-9(17,18)10(19,20)11(21,22)12(23,24)13(25,26)14(27,28)15(29,30)16(31,32)33/h8,35H,4-7H2,1-3H3/q+1. The minimum Gasteiger partial charge on any atom is -0.386 e. The summed E-state index contributed by atoms with van der Waals surface area (Å²) >= 11 is 0. The van der Waals surface area contributed by atoms with E-state index in [2.05, 4.69) is 0 Å². The Hall–Kier alpha value is -1.32. The van der Waals surface area contributed by atoms with Gasteiger partial charge >= 0.3 is 47.6 Å². The van der Waals surface area contributed by atoms with E-state index >= 15 is 0 Å². The van der Waals surface area contributed by atoms with Crippen LogP contribution in [-0.2, 0) is 9.84 Å². The molecule has 0 spiro atoms. The van der Waals surface area contributed by atoms with Crippen LogP contribution in [0.4, 0.5) is 74.6 Å². The van der Waals surface area contributed by atoms with Crippen LogP contribution in [-0.4, -0.2) is 111 Å². The topological polar surface area (TPSA) is 54.4 Å². The van der Waals surface area contributed by atoms with Gasteiger partial charge < -0.3 is 9.59 Å². The van der Waals surface area contributed by atoms with Crippen molar-refractivity contribution in [3.05, 3.63) is 0 Å². The molecule has 22 heteroatoms. The number of quaternary nitrogens is 1. The van der Waals surface area contributed by atoms with Gasteiger partial charge in [-0.15, -0.1) is 0 Å². The predicted octanol–water partition coefficient (Wildman–Crippen LogP) is 4.87. The van der Waals surface area contributed by atoms with Gasteiger partial charge in [-0.25, -0.2) is 8.42 Å². The molecular formula is C16H19F17NO3S+. The van der Waals surface area contributed by atoms with Crippen LogP contribution in [0, 0.1) is 0 Å². The highest BCUT2D eigenvalue weighted by Crippen LogP contribution is 2.64. The van der Waals surface area contributed by atoms with E-state index in [1.807, 2.05) is 0 Å². The van der Waals surface area contributed by atoms with Crippen LogP contribution in [0.1, 0.15) is 6.42 Å². The summed E-state index contributed by atoms with van der Waals surface area (Å²) in [6, 6.07) is 0. The molecule has 0 aromatic rings. The second-order valence-corrected chi connectivity index (χ2v) is 11.4. The Morgan fingerprint density at radius 2 is 0.921 bits per heavy atom. The van der Waals surface area contributed by atoms with E-state index < -0.39 is 88.0 Å². The monoisotopic (exact) mass is 628 g/mol. The first-order valence-electron chi connectivity index (χ1n) is 9.46. The first-order valence-corrected chi connectivity index (χ1v) is 11.3. The number of likely N-dealkylation sites (N-methyl/N-ethyl adjacent to an activating group) is 1. The van der Waals surface area contributed by atoms with Crippen molar-refractivity contribution in [2.75, 3.05) is 39.2 Å². The van der Waals surface area contributed by atoms with E-state index in [0.717, 1.165) is 0 Å². The lowest BCUT2D eigenvalue weighted by Gasteiger charge is -2.42. The van der Waals surface area contributed by atoms with Crippen LogP contribution < -0.4 is 0 Å². The Morgan fingerprint density at radius 3 is 1.24 bits per heavy atom. The van der Waals surface area contributed by atoms with E-state index in [4.69, 9.17) is 0 Å². The van der Waals surface area contributed by atoms with Gasteiger partial charge in [-0.2, -0.15) is 74.6 Å². The lowest BCUT2D eigenvalue weighted by molar-refractivity contribution is -0.873. The summed E-state index contributed by atoms with van der Waals surface area (Å²) in [5, 5.41) is 9.59. The van der Waals surface area contributed by atoms with Gasteiger partial charge in [0.05, 0.1) is 32.6 Å². The molecule has 1 unspecified atom stereocenters. The largest absolute Gasteiger partial charge is 0.460 e. The van der Waals surface area contributed by atoms with E-state index in [9.17, 15) is 88.2 Å². The number of nitrogens with zero attached hydrogens (tertiary/aromatic N) is 1. The molecule has 0 fully saturated rings. The van der Waals surface area contributed by atoms with Gasteiger partial charge in [0.2, 0.25) is 0 Å². The summed E-state index contributed by atoms with van der Waals surface area (Å²) in [4.78, 5) is 0. The fourth-order valence-corrected chi connectivity index (χ4v) is 4.12. The number of hydrogen-bond acceptors (Lipinski definition) is 3. The zero-order chi connectivity index (χ0) is 31.4. The van der Waals surface area contributed by atoms with Gasteiger partial charge in [0, 0.05) is 6.42 Å². The Morgan fingerprint density at radius 1 is 0.605 bits per heavy atom.